The number of fused-ring (bicyclic) bond motifs is 1. The van der Waals surface area contributed by atoms with Gasteiger partial charge < -0.3 is 19.8 Å². The van der Waals surface area contributed by atoms with Crippen molar-refractivity contribution in [3.63, 3.8) is 0 Å². The Morgan fingerprint density at radius 1 is 1.02 bits per heavy atom. The van der Waals surface area contributed by atoms with Crippen LogP contribution in [0.25, 0.3) is 22.4 Å². The summed E-state index contributed by atoms with van der Waals surface area (Å²) in [5, 5.41) is 18.4. The van der Waals surface area contributed by atoms with Crippen molar-refractivity contribution in [3.05, 3.63) is 66.2 Å². The van der Waals surface area contributed by atoms with Crippen molar-refractivity contribution in [3.8, 4) is 11.4 Å². The Morgan fingerprint density at radius 2 is 1.80 bits per heavy atom. The first kappa shape index (κ1) is 29.6. The molecular weight excluding hydrogens is 587 g/mol. The van der Waals surface area contributed by atoms with Crippen LogP contribution in [-0.2, 0) is 16.6 Å². The van der Waals surface area contributed by atoms with Crippen LogP contribution in [-0.4, -0.2) is 79.7 Å². The Hall–Kier alpha value is -4.10. The lowest BCUT2D eigenvalue weighted by atomic mass is 9.79. The molecule has 45 heavy (non-hydrogen) atoms. The van der Waals surface area contributed by atoms with Crippen LogP contribution < -0.4 is 5.32 Å². The van der Waals surface area contributed by atoms with Crippen LogP contribution in [0.15, 0.2) is 59.5 Å². The second-order valence-electron chi connectivity index (χ2n) is 12.6. The summed E-state index contributed by atoms with van der Waals surface area (Å²) in [6, 6.07) is 9.08. The van der Waals surface area contributed by atoms with E-state index >= 15 is 0 Å². The van der Waals surface area contributed by atoms with Crippen LogP contribution in [0.2, 0.25) is 0 Å². The monoisotopic (exact) mass is 621 g/mol. The number of benzene rings is 1. The number of likely N-dealkylation sites (tertiary alicyclic amines) is 2. The largest absolute Gasteiger partial charge is 0.416 e. The van der Waals surface area contributed by atoms with E-state index in [4.69, 9.17) is 4.52 Å². The number of alkyl halides is 3. The molecule has 1 saturated carbocycles. The molecule has 2 N–H and O–H groups in total. The number of nitrogens with zero attached hydrogens (tertiary/aromatic N) is 6. The maximum absolute atomic E-state index is 13.2. The number of aromatic nitrogens is 4. The first-order chi connectivity index (χ1) is 21.6. The molecule has 3 fully saturated rings. The minimum Gasteiger partial charge on any atom is -0.384 e. The van der Waals surface area contributed by atoms with E-state index in [0.717, 1.165) is 56.5 Å². The Labute approximate surface area is 257 Å². The Balaban J connectivity index is 0.915. The summed E-state index contributed by atoms with van der Waals surface area (Å²) in [6.45, 7) is 3.09. The summed E-state index contributed by atoms with van der Waals surface area (Å²) in [4.78, 5) is 30.6. The number of nitrogens with one attached hydrogen (secondary N) is 1. The third-order valence-electron chi connectivity index (χ3n) is 9.83. The topological polar surface area (TPSA) is 121 Å². The molecule has 3 aliphatic rings. The minimum absolute atomic E-state index is 0.0303. The zero-order valence-corrected chi connectivity index (χ0v) is 24.6. The van der Waals surface area contributed by atoms with Gasteiger partial charge in [0.15, 0.2) is 17.2 Å². The van der Waals surface area contributed by atoms with Crippen molar-refractivity contribution in [2.75, 3.05) is 38.0 Å². The van der Waals surface area contributed by atoms with Crippen LogP contribution in [0.1, 0.15) is 49.8 Å². The van der Waals surface area contributed by atoms with Crippen molar-refractivity contribution >= 4 is 22.7 Å². The van der Waals surface area contributed by atoms with E-state index in [0.29, 0.717) is 43.5 Å². The molecule has 0 bridgehead atoms. The minimum atomic E-state index is -4.49. The smallest absolute Gasteiger partial charge is 0.384 e. The molecule has 2 saturated heterocycles. The van der Waals surface area contributed by atoms with E-state index in [1.54, 1.807) is 24.7 Å². The molecule has 5 heterocycles. The van der Waals surface area contributed by atoms with Gasteiger partial charge in [-0.3, -0.25) is 14.7 Å². The average molecular weight is 622 g/mol. The van der Waals surface area contributed by atoms with Gasteiger partial charge in [0.25, 0.3) is 0 Å². The van der Waals surface area contributed by atoms with E-state index in [9.17, 15) is 23.1 Å². The molecule has 3 aromatic heterocycles. The molecule has 0 radical (unpaired) electrons. The highest BCUT2D eigenvalue weighted by Gasteiger charge is 2.47. The van der Waals surface area contributed by atoms with Crippen LogP contribution in [0.5, 0.6) is 0 Å². The number of anilines is 1. The van der Waals surface area contributed by atoms with Crippen molar-refractivity contribution in [1.29, 1.82) is 0 Å². The van der Waals surface area contributed by atoms with E-state index < -0.39 is 17.3 Å². The first-order valence-corrected chi connectivity index (χ1v) is 15.3. The standard InChI is InChI=1S/C32H34F3N7O3/c33-32(34,35)22-3-4-25-24(16-22)29(40-45-25)39-18-27(43)42-15-11-30(20-42)10-14-41(19-30)23-6-8-31(44,9-7-23)26-5-2-21(17-38-26)28-36-12-1-13-37-28/h1-5,12-13,16-17,23,44H,6-11,14-15,18-20H2,(H,39,40)/t23?,30-,31?/m1/s1. The summed E-state index contributed by atoms with van der Waals surface area (Å²) in [6.07, 6.45) is 5.53. The maximum Gasteiger partial charge on any atom is 0.416 e. The van der Waals surface area contributed by atoms with Gasteiger partial charge in [-0.25, -0.2) is 9.97 Å². The molecule has 1 aromatic carbocycles. The SMILES string of the molecule is O=C(CNc1noc2ccc(C(F)(F)F)cc12)N1CC[C@@]2(CCN(C3CCC(O)(c4ccc(-c5ncccn5)cn4)CC3)C2)C1. The van der Waals surface area contributed by atoms with Gasteiger partial charge >= 0.3 is 6.18 Å². The number of halogens is 3. The van der Waals surface area contributed by atoms with Crippen LogP contribution in [0.3, 0.4) is 0 Å². The fourth-order valence-corrected chi connectivity index (χ4v) is 7.23. The zero-order chi connectivity index (χ0) is 31.2. The molecule has 1 aliphatic carbocycles. The van der Waals surface area contributed by atoms with Gasteiger partial charge in [0.1, 0.15) is 5.60 Å². The summed E-state index contributed by atoms with van der Waals surface area (Å²) in [5.41, 5.74) is -0.0224. The second kappa shape index (κ2) is 11.4. The number of carbonyl (C=O) groups is 1. The predicted molar refractivity (Wildman–Crippen MR) is 159 cm³/mol. The second-order valence-corrected chi connectivity index (χ2v) is 12.6. The van der Waals surface area contributed by atoms with Crippen molar-refractivity contribution in [2.45, 2.75) is 56.3 Å². The van der Waals surface area contributed by atoms with Gasteiger partial charge in [0.05, 0.1) is 23.2 Å². The summed E-state index contributed by atoms with van der Waals surface area (Å²) in [5.74, 6) is 0.609. The van der Waals surface area contributed by atoms with Gasteiger partial charge in [-0.05, 0) is 81.5 Å². The molecule has 7 rings (SSSR count). The molecule has 1 atom stereocenters. The molecule has 13 heteroatoms. The third kappa shape index (κ3) is 5.86. The molecule has 10 nitrogen and oxygen atoms in total. The normalized spacial score (nSPS) is 25.8. The van der Waals surface area contributed by atoms with E-state index in [1.807, 2.05) is 17.0 Å². The summed E-state index contributed by atoms with van der Waals surface area (Å²) >= 11 is 0. The summed E-state index contributed by atoms with van der Waals surface area (Å²) in [7, 11) is 0. The van der Waals surface area contributed by atoms with Crippen LogP contribution in [0.4, 0.5) is 19.0 Å². The van der Waals surface area contributed by atoms with Crippen molar-refractivity contribution < 1.29 is 27.6 Å². The lowest BCUT2D eigenvalue weighted by molar-refractivity contribution is -0.137. The molecular formula is C32H34F3N7O3. The molecule has 1 spiro atoms. The lowest BCUT2D eigenvalue weighted by Gasteiger charge is -2.39. The quantitative estimate of drug-likeness (QED) is 0.311. The van der Waals surface area contributed by atoms with Crippen LogP contribution >= 0.6 is 0 Å². The fraction of sp³-hybridized carbons (Fsp3) is 0.469. The summed E-state index contributed by atoms with van der Waals surface area (Å²) < 4.78 is 44.7. The fourth-order valence-electron chi connectivity index (χ4n) is 7.23. The van der Waals surface area contributed by atoms with E-state index in [2.05, 4.69) is 30.3 Å². The number of amides is 1. The molecule has 2 aliphatic heterocycles. The predicted octanol–water partition coefficient (Wildman–Crippen LogP) is 4.87. The van der Waals surface area contributed by atoms with Gasteiger partial charge in [0.2, 0.25) is 5.91 Å². The van der Waals surface area contributed by atoms with Crippen molar-refractivity contribution in [2.24, 2.45) is 5.41 Å². The maximum atomic E-state index is 13.2. The lowest BCUT2D eigenvalue weighted by Crippen LogP contribution is -2.43. The number of aliphatic hydroxyl groups is 1. The number of carbonyl (C=O) groups excluding carboxylic acids is 1. The van der Waals surface area contributed by atoms with E-state index in [-0.39, 0.29) is 34.7 Å². The zero-order valence-electron chi connectivity index (χ0n) is 24.6. The highest BCUT2D eigenvalue weighted by atomic mass is 19.4. The van der Waals surface area contributed by atoms with Crippen molar-refractivity contribution in [1.82, 2.24) is 29.9 Å². The number of rotatable bonds is 6. The molecule has 236 valence electrons. The van der Waals surface area contributed by atoms with Gasteiger partial charge in [0, 0.05) is 55.2 Å². The Morgan fingerprint density at radius 3 is 2.53 bits per heavy atom. The first-order valence-electron chi connectivity index (χ1n) is 15.3. The van der Waals surface area contributed by atoms with E-state index in [1.165, 1.54) is 6.07 Å². The number of hydrogen-bond donors (Lipinski definition) is 2. The van der Waals surface area contributed by atoms with Gasteiger partial charge in [-0.15, -0.1) is 0 Å². The molecule has 4 aromatic rings. The van der Waals surface area contributed by atoms with Gasteiger partial charge in [-0.2, -0.15) is 13.2 Å². The van der Waals surface area contributed by atoms with Crippen LogP contribution in [0, 0.1) is 5.41 Å². The highest BCUT2D eigenvalue weighted by molar-refractivity contribution is 5.90. The average Bonchev–Trinajstić information content (AvgIpc) is 3.79. The molecule has 1 amide bonds. The number of hydrogen-bond acceptors (Lipinski definition) is 9. The third-order valence-corrected chi connectivity index (χ3v) is 9.83. The van der Waals surface area contributed by atoms with Gasteiger partial charge in [-0.1, -0.05) is 5.16 Å². The highest BCUT2D eigenvalue weighted by Crippen LogP contribution is 2.44. The molecule has 0 unspecified atom stereocenters. The number of pyridine rings is 1. The Bertz CT molecular complexity index is 1670. The Kier molecular flexibility index (Phi) is 7.47.